The first-order chi connectivity index (χ1) is 9.11. The van der Waals surface area contributed by atoms with Gasteiger partial charge >= 0.3 is 0 Å². The highest BCUT2D eigenvalue weighted by atomic mass is 35.5. The van der Waals surface area contributed by atoms with Gasteiger partial charge in [-0.25, -0.2) is 0 Å². The minimum Gasteiger partial charge on any atom is -0.484 e. The number of hydrogen-bond donors (Lipinski definition) is 1. The average molecular weight is 304 g/mol. The summed E-state index contributed by atoms with van der Waals surface area (Å²) in [5.41, 5.74) is 0. The van der Waals surface area contributed by atoms with Crippen molar-refractivity contribution in [2.45, 2.75) is 18.9 Å². The van der Waals surface area contributed by atoms with E-state index in [0.717, 1.165) is 12.8 Å². The summed E-state index contributed by atoms with van der Waals surface area (Å²) in [5, 5.41) is 9.78. The van der Waals surface area contributed by atoms with Crippen LogP contribution in [0.2, 0.25) is 10.0 Å². The molecule has 1 aliphatic carbocycles. The second kappa shape index (κ2) is 6.46. The van der Waals surface area contributed by atoms with Crippen molar-refractivity contribution >= 4 is 29.1 Å². The van der Waals surface area contributed by atoms with Crippen LogP contribution in [0.4, 0.5) is 0 Å². The first kappa shape index (κ1) is 14.4. The maximum Gasteiger partial charge on any atom is 0.260 e. The van der Waals surface area contributed by atoms with Crippen LogP contribution < -0.4 is 4.74 Å². The Hall–Kier alpha value is -0.970. The minimum absolute atomic E-state index is 0.0327. The lowest BCUT2D eigenvalue weighted by atomic mass is 10.3. The van der Waals surface area contributed by atoms with E-state index in [1.807, 2.05) is 0 Å². The van der Waals surface area contributed by atoms with Crippen LogP contribution in [0.5, 0.6) is 5.75 Å². The van der Waals surface area contributed by atoms with Crippen LogP contribution in [0.15, 0.2) is 18.2 Å². The van der Waals surface area contributed by atoms with Crippen molar-refractivity contribution in [3.63, 3.8) is 0 Å². The number of hydrogen-bond acceptors (Lipinski definition) is 3. The first-order valence-corrected chi connectivity index (χ1v) is 6.85. The summed E-state index contributed by atoms with van der Waals surface area (Å²) in [6, 6.07) is 5.12. The predicted octanol–water partition coefficient (Wildman–Crippen LogP) is 2.36. The second-order valence-corrected chi connectivity index (χ2v) is 5.22. The number of benzene rings is 1. The van der Waals surface area contributed by atoms with E-state index in [1.165, 1.54) is 0 Å². The third-order valence-electron chi connectivity index (χ3n) is 2.90. The van der Waals surface area contributed by atoms with Gasteiger partial charge in [0.15, 0.2) is 6.61 Å². The Balaban J connectivity index is 1.89. The number of aliphatic hydroxyl groups excluding tert-OH is 1. The molecule has 1 aromatic carbocycles. The number of amides is 1. The Bertz CT molecular complexity index is 463. The molecule has 1 aliphatic rings. The molecule has 1 saturated carbocycles. The van der Waals surface area contributed by atoms with Crippen molar-refractivity contribution in [2.24, 2.45) is 0 Å². The van der Waals surface area contributed by atoms with E-state index in [4.69, 9.17) is 33.0 Å². The first-order valence-electron chi connectivity index (χ1n) is 6.10. The van der Waals surface area contributed by atoms with Crippen LogP contribution in [0, 0.1) is 0 Å². The van der Waals surface area contributed by atoms with Crippen LogP contribution in [-0.4, -0.2) is 41.7 Å². The van der Waals surface area contributed by atoms with E-state index in [2.05, 4.69) is 0 Å². The Morgan fingerprint density at radius 1 is 1.37 bits per heavy atom. The van der Waals surface area contributed by atoms with Gasteiger partial charge in [-0.05, 0) is 25.0 Å². The van der Waals surface area contributed by atoms with Gasteiger partial charge in [0.2, 0.25) is 0 Å². The molecule has 0 saturated heterocycles. The zero-order chi connectivity index (χ0) is 13.8. The number of aliphatic hydroxyl groups is 1. The van der Waals surface area contributed by atoms with E-state index < -0.39 is 0 Å². The van der Waals surface area contributed by atoms with E-state index in [0.29, 0.717) is 22.3 Å². The molecule has 0 aromatic heterocycles. The molecule has 2 rings (SSSR count). The summed E-state index contributed by atoms with van der Waals surface area (Å²) < 4.78 is 5.39. The van der Waals surface area contributed by atoms with Crippen LogP contribution in [-0.2, 0) is 4.79 Å². The number of ether oxygens (including phenoxy) is 1. The molecule has 0 aliphatic heterocycles. The lowest BCUT2D eigenvalue weighted by Gasteiger charge is -2.21. The lowest BCUT2D eigenvalue weighted by Crippen LogP contribution is -2.38. The molecular formula is C13H15Cl2NO3. The molecule has 6 heteroatoms. The van der Waals surface area contributed by atoms with Crippen LogP contribution >= 0.6 is 23.2 Å². The molecule has 1 N–H and O–H groups in total. The Morgan fingerprint density at radius 3 is 2.68 bits per heavy atom. The van der Waals surface area contributed by atoms with Crippen molar-refractivity contribution in [3.8, 4) is 5.75 Å². The van der Waals surface area contributed by atoms with Crippen LogP contribution in [0.1, 0.15) is 12.8 Å². The summed E-state index contributed by atoms with van der Waals surface area (Å²) in [7, 11) is 0. The van der Waals surface area contributed by atoms with Gasteiger partial charge < -0.3 is 14.7 Å². The minimum atomic E-state index is -0.123. The molecule has 104 valence electrons. The Kier molecular flexibility index (Phi) is 4.91. The van der Waals surface area contributed by atoms with Crippen LogP contribution in [0.3, 0.4) is 0 Å². The number of carbonyl (C=O) groups is 1. The molecule has 1 amide bonds. The topological polar surface area (TPSA) is 49.8 Å². The Morgan fingerprint density at radius 2 is 2.11 bits per heavy atom. The fourth-order valence-corrected chi connectivity index (χ4v) is 2.09. The third kappa shape index (κ3) is 4.00. The number of carbonyl (C=O) groups excluding carboxylic acids is 1. The molecule has 19 heavy (non-hydrogen) atoms. The molecule has 0 radical (unpaired) electrons. The van der Waals surface area contributed by atoms with Gasteiger partial charge in [-0.3, -0.25) is 4.79 Å². The summed E-state index contributed by atoms with van der Waals surface area (Å²) >= 11 is 11.7. The normalized spacial score (nSPS) is 14.3. The molecule has 0 unspecified atom stereocenters. The van der Waals surface area contributed by atoms with Gasteiger partial charge in [0.1, 0.15) is 5.75 Å². The summed E-state index contributed by atoms with van der Waals surface area (Å²) in [4.78, 5) is 13.6. The lowest BCUT2D eigenvalue weighted by molar-refractivity contribution is -0.134. The number of nitrogens with zero attached hydrogens (tertiary/aromatic N) is 1. The van der Waals surface area contributed by atoms with Gasteiger partial charge in [-0.15, -0.1) is 0 Å². The van der Waals surface area contributed by atoms with E-state index in [-0.39, 0.29) is 25.2 Å². The van der Waals surface area contributed by atoms with Gasteiger partial charge in [0, 0.05) is 18.7 Å². The van der Waals surface area contributed by atoms with Gasteiger partial charge in [0.25, 0.3) is 5.91 Å². The smallest absolute Gasteiger partial charge is 0.260 e. The number of halogens is 2. The monoisotopic (exact) mass is 303 g/mol. The van der Waals surface area contributed by atoms with Crippen molar-refractivity contribution < 1.29 is 14.6 Å². The number of rotatable bonds is 6. The Labute approximate surface area is 121 Å². The summed E-state index contributed by atoms with van der Waals surface area (Å²) in [6.07, 6.45) is 2.00. The fourth-order valence-electron chi connectivity index (χ4n) is 1.80. The molecule has 1 aromatic rings. The van der Waals surface area contributed by atoms with E-state index in [1.54, 1.807) is 23.1 Å². The maximum atomic E-state index is 12.0. The highest BCUT2D eigenvalue weighted by Gasteiger charge is 2.32. The molecule has 0 atom stereocenters. The third-order valence-corrected chi connectivity index (χ3v) is 3.64. The van der Waals surface area contributed by atoms with Gasteiger partial charge in [0.05, 0.1) is 16.7 Å². The average Bonchev–Trinajstić information content (AvgIpc) is 3.21. The fraction of sp³-hybridized carbons (Fsp3) is 0.462. The highest BCUT2D eigenvalue weighted by molar-refractivity contribution is 6.42. The largest absolute Gasteiger partial charge is 0.484 e. The molecule has 0 bridgehead atoms. The predicted molar refractivity (Wildman–Crippen MR) is 73.8 cm³/mol. The zero-order valence-electron chi connectivity index (χ0n) is 10.3. The van der Waals surface area contributed by atoms with Crippen molar-refractivity contribution in [2.75, 3.05) is 19.8 Å². The van der Waals surface area contributed by atoms with Crippen molar-refractivity contribution in [3.05, 3.63) is 28.2 Å². The summed E-state index contributed by atoms with van der Waals surface area (Å²) in [5.74, 6) is 0.380. The van der Waals surface area contributed by atoms with Gasteiger partial charge in [-0.1, -0.05) is 23.2 Å². The standard InChI is InChI=1S/C13H15Cl2NO3/c14-11-4-3-10(7-12(11)15)19-8-13(18)16(5-6-17)9-1-2-9/h3-4,7,9,17H,1-2,5-6,8H2. The maximum absolute atomic E-state index is 12.0. The van der Waals surface area contributed by atoms with Gasteiger partial charge in [-0.2, -0.15) is 0 Å². The molecular weight excluding hydrogens is 289 g/mol. The molecule has 0 heterocycles. The molecule has 1 fully saturated rings. The zero-order valence-corrected chi connectivity index (χ0v) is 11.8. The van der Waals surface area contributed by atoms with Crippen LogP contribution in [0.25, 0.3) is 0 Å². The van der Waals surface area contributed by atoms with E-state index in [9.17, 15) is 4.79 Å². The highest BCUT2D eigenvalue weighted by Crippen LogP contribution is 2.28. The van der Waals surface area contributed by atoms with E-state index >= 15 is 0 Å². The van der Waals surface area contributed by atoms with Crippen molar-refractivity contribution in [1.29, 1.82) is 0 Å². The SMILES string of the molecule is O=C(COc1ccc(Cl)c(Cl)c1)N(CCO)C1CC1. The second-order valence-electron chi connectivity index (χ2n) is 4.41. The van der Waals surface area contributed by atoms with Crippen molar-refractivity contribution in [1.82, 2.24) is 4.90 Å². The molecule has 4 nitrogen and oxygen atoms in total. The summed E-state index contributed by atoms with van der Waals surface area (Å²) in [6.45, 7) is 0.262. The molecule has 0 spiro atoms. The quantitative estimate of drug-likeness (QED) is 0.877.